The SMILES string of the molecule is CC(O)c1cccc(F)c1N1CCCC1C1CCCC1. The normalized spacial score (nSPS) is 25.4. The average molecular weight is 277 g/mol. The first-order valence-electron chi connectivity index (χ1n) is 7.91. The van der Waals surface area contributed by atoms with E-state index in [1.54, 1.807) is 13.0 Å². The molecule has 2 unspecified atom stereocenters. The molecule has 1 aliphatic heterocycles. The highest BCUT2D eigenvalue weighted by atomic mass is 19.1. The number of rotatable bonds is 3. The van der Waals surface area contributed by atoms with E-state index >= 15 is 0 Å². The Kier molecular flexibility index (Phi) is 3.97. The van der Waals surface area contributed by atoms with E-state index < -0.39 is 6.10 Å². The summed E-state index contributed by atoms with van der Waals surface area (Å²) < 4.78 is 14.4. The Labute approximate surface area is 120 Å². The quantitative estimate of drug-likeness (QED) is 0.901. The maximum atomic E-state index is 14.4. The number of aliphatic hydroxyl groups excluding tert-OH is 1. The zero-order valence-electron chi connectivity index (χ0n) is 12.2. The Morgan fingerprint density at radius 3 is 2.65 bits per heavy atom. The van der Waals surface area contributed by atoms with Crippen molar-refractivity contribution in [2.24, 2.45) is 5.92 Å². The van der Waals surface area contributed by atoms with Crippen molar-refractivity contribution in [3.05, 3.63) is 29.6 Å². The first kappa shape index (κ1) is 13.9. The van der Waals surface area contributed by atoms with Gasteiger partial charge in [-0.1, -0.05) is 25.0 Å². The van der Waals surface area contributed by atoms with Crippen LogP contribution in [0.1, 0.15) is 57.1 Å². The first-order valence-corrected chi connectivity index (χ1v) is 7.91. The van der Waals surface area contributed by atoms with Gasteiger partial charge in [0.15, 0.2) is 0 Å². The lowest BCUT2D eigenvalue weighted by atomic mass is 9.95. The Bertz CT molecular complexity index is 468. The van der Waals surface area contributed by atoms with Crippen LogP contribution < -0.4 is 4.90 Å². The van der Waals surface area contributed by atoms with E-state index in [0.717, 1.165) is 24.9 Å². The molecular formula is C17H24FNO. The van der Waals surface area contributed by atoms with Gasteiger partial charge in [-0.05, 0) is 44.6 Å². The highest BCUT2D eigenvalue weighted by Crippen LogP contribution is 2.40. The molecule has 2 atom stereocenters. The zero-order valence-corrected chi connectivity index (χ0v) is 12.2. The van der Waals surface area contributed by atoms with E-state index in [1.165, 1.54) is 31.7 Å². The van der Waals surface area contributed by atoms with Gasteiger partial charge in [-0.25, -0.2) is 4.39 Å². The van der Waals surface area contributed by atoms with E-state index in [4.69, 9.17) is 0 Å². The maximum Gasteiger partial charge on any atom is 0.146 e. The number of aliphatic hydroxyl groups is 1. The third-order valence-electron chi connectivity index (χ3n) is 5.00. The summed E-state index contributed by atoms with van der Waals surface area (Å²) >= 11 is 0. The lowest BCUT2D eigenvalue weighted by molar-refractivity contribution is 0.199. The van der Waals surface area contributed by atoms with E-state index in [-0.39, 0.29) is 5.82 Å². The second kappa shape index (κ2) is 5.72. The van der Waals surface area contributed by atoms with Crippen molar-refractivity contribution in [2.75, 3.05) is 11.4 Å². The number of halogens is 1. The zero-order chi connectivity index (χ0) is 14.1. The monoisotopic (exact) mass is 277 g/mol. The molecule has 1 N–H and O–H groups in total. The van der Waals surface area contributed by atoms with Crippen LogP contribution in [-0.4, -0.2) is 17.7 Å². The number of nitrogens with zero attached hydrogens (tertiary/aromatic N) is 1. The molecule has 0 aromatic heterocycles. The van der Waals surface area contributed by atoms with Gasteiger partial charge >= 0.3 is 0 Å². The summed E-state index contributed by atoms with van der Waals surface area (Å²) in [5.74, 6) is 0.521. The van der Waals surface area contributed by atoms with Gasteiger partial charge in [-0.2, -0.15) is 0 Å². The molecule has 2 nitrogen and oxygen atoms in total. The van der Waals surface area contributed by atoms with Crippen molar-refractivity contribution in [3.63, 3.8) is 0 Å². The number of anilines is 1. The third kappa shape index (κ3) is 2.44. The van der Waals surface area contributed by atoms with Crippen LogP contribution in [0.15, 0.2) is 18.2 Å². The molecule has 3 heteroatoms. The van der Waals surface area contributed by atoms with Crippen molar-refractivity contribution < 1.29 is 9.50 Å². The number of benzene rings is 1. The molecule has 2 fully saturated rings. The summed E-state index contributed by atoms with van der Waals surface area (Å²) in [6.07, 6.45) is 6.86. The Hall–Kier alpha value is -1.09. The van der Waals surface area contributed by atoms with Gasteiger partial charge < -0.3 is 10.0 Å². The second-order valence-electron chi connectivity index (χ2n) is 6.30. The Balaban J connectivity index is 1.94. The van der Waals surface area contributed by atoms with Crippen molar-refractivity contribution in [3.8, 4) is 0 Å². The highest BCUT2D eigenvalue weighted by Gasteiger charge is 2.35. The maximum absolute atomic E-state index is 14.4. The predicted molar refractivity (Wildman–Crippen MR) is 79.4 cm³/mol. The minimum Gasteiger partial charge on any atom is -0.389 e. The number of hydrogen-bond acceptors (Lipinski definition) is 2. The topological polar surface area (TPSA) is 23.5 Å². The second-order valence-corrected chi connectivity index (χ2v) is 6.30. The van der Waals surface area contributed by atoms with Gasteiger partial charge in [-0.15, -0.1) is 0 Å². The van der Waals surface area contributed by atoms with E-state index in [0.29, 0.717) is 17.6 Å². The smallest absolute Gasteiger partial charge is 0.146 e. The van der Waals surface area contributed by atoms with E-state index in [9.17, 15) is 9.50 Å². The Morgan fingerprint density at radius 2 is 1.95 bits per heavy atom. The van der Waals surface area contributed by atoms with Crippen molar-refractivity contribution in [2.45, 2.75) is 57.6 Å². The average Bonchev–Trinajstić information content (AvgIpc) is 3.08. The first-order chi connectivity index (χ1) is 9.68. The summed E-state index contributed by atoms with van der Waals surface area (Å²) in [5, 5.41) is 9.95. The van der Waals surface area contributed by atoms with Crippen LogP contribution in [0.4, 0.5) is 10.1 Å². The molecular weight excluding hydrogens is 253 g/mol. The summed E-state index contributed by atoms with van der Waals surface area (Å²) in [7, 11) is 0. The van der Waals surface area contributed by atoms with Gasteiger partial charge in [0, 0.05) is 18.2 Å². The largest absolute Gasteiger partial charge is 0.389 e. The lowest BCUT2D eigenvalue weighted by Crippen LogP contribution is -2.36. The van der Waals surface area contributed by atoms with Gasteiger partial charge in [0.1, 0.15) is 5.82 Å². The van der Waals surface area contributed by atoms with Crippen LogP contribution in [0, 0.1) is 11.7 Å². The molecule has 1 heterocycles. The minimum absolute atomic E-state index is 0.187. The van der Waals surface area contributed by atoms with Crippen LogP contribution in [0.2, 0.25) is 0 Å². The van der Waals surface area contributed by atoms with Crippen LogP contribution in [0.3, 0.4) is 0 Å². The Morgan fingerprint density at radius 1 is 1.20 bits per heavy atom. The van der Waals surface area contributed by atoms with E-state index in [1.807, 2.05) is 6.07 Å². The molecule has 0 spiro atoms. The number of para-hydroxylation sites is 1. The fraction of sp³-hybridized carbons (Fsp3) is 0.647. The molecule has 1 aromatic rings. The van der Waals surface area contributed by atoms with Crippen LogP contribution in [-0.2, 0) is 0 Å². The molecule has 20 heavy (non-hydrogen) atoms. The molecule has 1 aliphatic carbocycles. The van der Waals surface area contributed by atoms with Crippen molar-refractivity contribution >= 4 is 5.69 Å². The van der Waals surface area contributed by atoms with Crippen LogP contribution >= 0.6 is 0 Å². The van der Waals surface area contributed by atoms with Gasteiger partial charge in [0.05, 0.1) is 11.8 Å². The predicted octanol–water partition coefficient (Wildman–Crippen LogP) is 4.04. The summed E-state index contributed by atoms with van der Waals surface area (Å²) in [6, 6.07) is 5.53. The summed E-state index contributed by atoms with van der Waals surface area (Å²) in [5.41, 5.74) is 1.38. The molecule has 1 aromatic carbocycles. The highest BCUT2D eigenvalue weighted by molar-refractivity contribution is 5.57. The van der Waals surface area contributed by atoms with Crippen LogP contribution in [0.25, 0.3) is 0 Å². The van der Waals surface area contributed by atoms with Gasteiger partial charge in [0.25, 0.3) is 0 Å². The van der Waals surface area contributed by atoms with Gasteiger partial charge in [-0.3, -0.25) is 0 Å². The summed E-state index contributed by atoms with van der Waals surface area (Å²) in [6.45, 7) is 2.64. The fourth-order valence-corrected chi connectivity index (χ4v) is 4.07. The molecule has 0 amide bonds. The van der Waals surface area contributed by atoms with Gasteiger partial charge in [0.2, 0.25) is 0 Å². The summed E-state index contributed by atoms with van der Waals surface area (Å²) in [4.78, 5) is 2.24. The standard InChI is InChI=1S/C17H24FNO/c1-12(20)14-8-4-9-15(18)17(14)19-11-5-10-16(19)13-6-2-3-7-13/h4,8-9,12-13,16,20H,2-3,5-7,10-11H2,1H3. The molecule has 0 radical (unpaired) electrons. The van der Waals surface area contributed by atoms with Crippen LogP contribution in [0.5, 0.6) is 0 Å². The number of hydrogen-bond donors (Lipinski definition) is 1. The molecule has 0 bridgehead atoms. The van der Waals surface area contributed by atoms with Crippen molar-refractivity contribution in [1.82, 2.24) is 0 Å². The third-order valence-corrected chi connectivity index (χ3v) is 5.00. The van der Waals surface area contributed by atoms with Crippen molar-refractivity contribution in [1.29, 1.82) is 0 Å². The molecule has 2 aliphatic rings. The van der Waals surface area contributed by atoms with E-state index in [2.05, 4.69) is 4.90 Å². The molecule has 1 saturated carbocycles. The minimum atomic E-state index is -0.620. The lowest BCUT2D eigenvalue weighted by Gasteiger charge is -2.33. The molecule has 1 saturated heterocycles. The fourth-order valence-electron chi connectivity index (χ4n) is 4.07. The molecule has 110 valence electrons. The molecule has 3 rings (SSSR count).